The van der Waals surface area contributed by atoms with Crippen molar-refractivity contribution in [3.8, 4) is 11.1 Å². The van der Waals surface area contributed by atoms with Crippen molar-refractivity contribution in [2.75, 3.05) is 0 Å². The molecular formula is C41H33N3. The van der Waals surface area contributed by atoms with Gasteiger partial charge in [-0.2, -0.15) is 0 Å². The molecule has 6 aromatic rings. The minimum Gasteiger partial charge on any atom is -0.320 e. The van der Waals surface area contributed by atoms with Crippen LogP contribution < -0.4 is 0 Å². The second-order valence-electron chi connectivity index (χ2n) is 11.4. The summed E-state index contributed by atoms with van der Waals surface area (Å²) in [6.07, 6.45) is 7.76. The van der Waals surface area contributed by atoms with Crippen molar-refractivity contribution in [1.29, 1.82) is 0 Å². The highest BCUT2D eigenvalue weighted by Gasteiger charge is 2.14. The molecule has 1 aromatic heterocycles. The Kier molecular flexibility index (Phi) is 7.49. The Morgan fingerprint density at radius 1 is 0.818 bits per heavy atom. The summed E-state index contributed by atoms with van der Waals surface area (Å²) in [7, 11) is 0. The number of allylic oxidation sites excluding steroid dienone is 4. The van der Waals surface area contributed by atoms with Crippen LogP contribution in [0.25, 0.3) is 32.9 Å². The zero-order valence-electron chi connectivity index (χ0n) is 25.0. The Labute approximate surface area is 259 Å². The van der Waals surface area contributed by atoms with Crippen molar-refractivity contribution in [2.24, 2.45) is 9.98 Å². The van der Waals surface area contributed by atoms with E-state index in [9.17, 15) is 0 Å². The molecule has 0 N–H and O–H groups in total. The first-order chi connectivity index (χ1) is 21.6. The third-order valence-corrected chi connectivity index (χ3v) is 8.44. The van der Waals surface area contributed by atoms with Crippen molar-refractivity contribution in [2.45, 2.75) is 32.9 Å². The average molecular weight is 568 g/mol. The van der Waals surface area contributed by atoms with Crippen LogP contribution in [0.1, 0.15) is 36.0 Å². The standard InChI is InChI=1S/C41H33N3/c1-29-17-26-40-38(27-29)37-15-9-10-16-39(37)44(40)28-42-41(36-24-22-35(23-25-36)33-13-7-4-8-14-33)43-30(2)31-18-20-34(21-19-31)32-11-5-3-6-12-32/h3,5-7,9-20,22-27,34H,21,28H2,1-2H3/b42-41-,43-30?. The number of aromatic nitrogens is 1. The summed E-state index contributed by atoms with van der Waals surface area (Å²) in [4.78, 5) is 10.4. The molecule has 0 fully saturated rings. The van der Waals surface area contributed by atoms with Crippen LogP contribution >= 0.6 is 0 Å². The first-order valence-electron chi connectivity index (χ1n) is 15.1. The lowest BCUT2D eigenvalue weighted by Crippen LogP contribution is -2.08. The molecule has 0 radical (unpaired) electrons. The van der Waals surface area contributed by atoms with Gasteiger partial charge >= 0.3 is 0 Å². The third-order valence-electron chi connectivity index (χ3n) is 8.44. The Morgan fingerprint density at radius 2 is 1.61 bits per heavy atom. The van der Waals surface area contributed by atoms with Gasteiger partial charge < -0.3 is 4.57 Å². The highest BCUT2D eigenvalue weighted by Crippen LogP contribution is 2.30. The Morgan fingerprint density at radius 3 is 2.39 bits per heavy atom. The molecule has 44 heavy (non-hydrogen) atoms. The number of aryl methyl sites for hydroxylation is 1. The Balaban J connectivity index is 1.26. The zero-order valence-corrected chi connectivity index (χ0v) is 25.0. The molecule has 7 rings (SSSR count). The van der Waals surface area contributed by atoms with Gasteiger partial charge in [0.25, 0.3) is 0 Å². The van der Waals surface area contributed by atoms with Crippen molar-refractivity contribution in [3.05, 3.63) is 168 Å². The van der Waals surface area contributed by atoms with Gasteiger partial charge in [-0.25, -0.2) is 9.98 Å². The zero-order chi connectivity index (χ0) is 29.9. The van der Waals surface area contributed by atoms with E-state index in [4.69, 9.17) is 9.98 Å². The second-order valence-corrected chi connectivity index (χ2v) is 11.4. The fourth-order valence-corrected chi connectivity index (χ4v) is 6.05. The molecule has 1 heterocycles. The number of nitrogens with zero attached hydrogens (tertiary/aromatic N) is 3. The maximum Gasteiger partial charge on any atom is 0.156 e. The number of benzene rings is 4. The first kappa shape index (κ1) is 27.4. The molecule has 0 saturated heterocycles. The van der Waals surface area contributed by atoms with Crippen LogP contribution in [0, 0.1) is 19.1 Å². The van der Waals surface area contributed by atoms with Gasteiger partial charge in [0.15, 0.2) is 5.84 Å². The van der Waals surface area contributed by atoms with Crippen LogP contribution in [0.2, 0.25) is 0 Å². The van der Waals surface area contributed by atoms with E-state index >= 15 is 0 Å². The topological polar surface area (TPSA) is 29.6 Å². The predicted molar refractivity (Wildman–Crippen MR) is 184 cm³/mol. The predicted octanol–water partition coefficient (Wildman–Crippen LogP) is 9.91. The van der Waals surface area contributed by atoms with Gasteiger partial charge in [-0.05, 0) is 78.9 Å². The van der Waals surface area contributed by atoms with Crippen molar-refractivity contribution in [1.82, 2.24) is 4.57 Å². The maximum absolute atomic E-state index is 5.19. The molecule has 1 aliphatic carbocycles. The molecule has 0 bridgehead atoms. The molecule has 1 atom stereocenters. The summed E-state index contributed by atoms with van der Waals surface area (Å²) in [5.41, 5.74) is 10.3. The van der Waals surface area contributed by atoms with Crippen molar-refractivity contribution < 1.29 is 0 Å². The number of amidine groups is 1. The summed E-state index contributed by atoms with van der Waals surface area (Å²) in [5, 5.41) is 2.50. The quantitative estimate of drug-likeness (QED) is 0.142. The molecule has 0 amide bonds. The molecule has 1 unspecified atom stereocenters. The lowest BCUT2D eigenvalue weighted by atomic mass is 9.89. The normalized spacial score (nSPS) is 15.4. The van der Waals surface area contributed by atoms with E-state index < -0.39 is 0 Å². The van der Waals surface area contributed by atoms with E-state index in [1.54, 1.807) is 0 Å². The fraction of sp³-hybridized carbons (Fsp3) is 0.122. The second kappa shape index (κ2) is 12.0. The van der Waals surface area contributed by atoms with E-state index in [0.29, 0.717) is 12.6 Å². The number of rotatable bonds is 6. The monoisotopic (exact) mass is 567 g/mol. The van der Waals surface area contributed by atoms with Gasteiger partial charge in [0, 0.05) is 28.0 Å². The van der Waals surface area contributed by atoms with E-state index in [-0.39, 0.29) is 0 Å². The number of hydrogen-bond acceptors (Lipinski definition) is 1. The molecule has 3 heteroatoms. The molecule has 5 aromatic carbocycles. The molecule has 3 nitrogen and oxygen atoms in total. The van der Waals surface area contributed by atoms with Crippen LogP contribution in [0.15, 0.2) is 149 Å². The van der Waals surface area contributed by atoms with Gasteiger partial charge in [-0.15, -0.1) is 0 Å². The van der Waals surface area contributed by atoms with Crippen LogP contribution in [0.5, 0.6) is 0 Å². The summed E-state index contributed by atoms with van der Waals surface area (Å²) >= 11 is 0. The number of hydrogen-bond donors (Lipinski definition) is 0. The average Bonchev–Trinajstić information content (AvgIpc) is 3.40. The van der Waals surface area contributed by atoms with E-state index in [2.05, 4.69) is 152 Å². The summed E-state index contributed by atoms with van der Waals surface area (Å²) in [5.74, 6) is 1.11. The number of para-hydroxylation sites is 1. The molecule has 0 saturated carbocycles. The molecule has 212 valence electrons. The number of fused-ring (bicyclic) bond motifs is 3. The van der Waals surface area contributed by atoms with E-state index in [1.807, 2.05) is 12.1 Å². The lowest BCUT2D eigenvalue weighted by molar-refractivity contribution is 0.791. The van der Waals surface area contributed by atoms with Gasteiger partial charge in [0.1, 0.15) is 6.67 Å². The maximum atomic E-state index is 5.19. The van der Waals surface area contributed by atoms with Crippen LogP contribution in [-0.4, -0.2) is 16.1 Å². The van der Waals surface area contributed by atoms with Gasteiger partial charge in [0.2, 0.25) is 0 Å². The number of aliphatic imine (C=N–C) groups is 2. The smallest absolute Gasteiger partial charge is 0.156 e. The van der Waals surface area contributed by atoms with Gasteiger partial charge in [0.05, 0.1) is 11.0 Å². The van der Waals surface area contributed by atoms with Gasteiger partial charge in [-0.1, -0.05) is 115 Å². The minimum atomic E-state index is 0.389. The van der Waals surface area contributed by atoms with Crippen LogP contribution in [0.3, 0.4) is 0 Å². The van der Waals surface area contributed by atoms with Crippen LogP contribution in [0.4, 0.5) is 0 Å². The molecular weight excluding hydrogens is 534 g/mol. The Hall–Kier alpha value is -5.46. The molecule has 0 spiro atoms. The largest absolute Gasteiger partial charge is 0.320 e. The molecule has 1 aliphatic rings. The Bertz CT molecular complexity index is 2060. The summed E-state index contributed by atoms with van der Waals surface area (Å²) in [6.45, 7) is 4.70. The highest BCUT2D eigenvalue weighted by atomic mass is 15.1. The lowest BCUT2D eigenvalue weighted by Gasteiger charge is -2.17. The van der Waals surface area contributed by atoms with E-state index in [1.165, 1.54) is 32.9 Å². The first-order valence-corrected chi connectivity index (χ1v) is 15.1. The highest BCUT2D eigenvalue weighted by molar-refractivity contribution is 6.13. The summed E-state index contributed by atoms with van der Waals surface area (Å²) in [6, 6.07) is 46.3. The molecule has 0 aliphatic heterocycles. The van der Waals surface area contributed by atoms with Crippen LogP contribution in [-0.2, 0) is 6.67 Å². The summed E-state index contributed by atoms with van der Waals surface area (Å²) < 4.78 is 2.30. The van der Waals surface area contributed by atoms with Crippen molar-refractivity contribution >= 4 is 33.4 Å². The minimum absolute atomic E-state index is 0.389. The fourth-order valence-electron chi connectivity index (χ4n) is 6.05. The third kappa shape index (κ3) is 5.51. The van der Waals surface area contributed by atoms with E-state index in [0.717, 1.165) is 40.2 Å². The SMILES string of the molecule is CC(=N/C(=N\Cn1c2ccccc2c2cc(C)ccc21)c1ccc(-c2cc#ccc2)cc1)C1=CCC(c2ccccc2)C=C1. The van der Waals surface area contributed by atoms with Gasteiger partial charge in [-0.3, -0.25) is 0 Å². The van der Waals surface area contributed by atoms with Crippen molar-refractivity contribution in [3.63, 3.8) is 0 Å².